The summed E-state index contributed by atoms with van der Waals surface area (Å²) in [5.74, 6) is -0.371. The zero-order valence-corrected chi connectivity index (χ0v) is 16.6. The van der Waals surface area contributed by atoms with Gasteiger partial charge < -0.3 is 15.4 Å². The van der Waals surface area contributed by atoms with E-state index in [2.05, 4.69) is 22.8 Å². The summed E-state index contributed by atoms with van der Waals surface area (Å²) in [6, 6.07) is 14.2. The van der Waals surface area contributed by atoms with Crippen LogP contribution >= 0.6 is 34.9 Å². The summed E-state index contributed by atoms with van der Waals surface area (Å²) >= 11 is 8.41. The van der Waals surface area contributed by atoms with Gasteiger partial charge in [-0.1, -0.05) is 36.4 Å². The molecule has 0 radical (unpaired) electrons. The Morgan fingerprint density at radius 2 is 1.96 bits per heavy atom. The summed E-state index contributed by atoms with van der Waals surface area (Å²) < 4.78 is 4.96. The number of ether oxygens (including phenoxy) is 1. The Morgan fingerprint density at radius 3 is 2.65 bits per heavy atom. The minimum absolute atomic E-state index is 0.371. The number of nitrogens with one attached hydrogen (secondary N) is 2. The Bertz CT molecular complexity index is 874. The Kier molecular flexibility index (Phi) is 6.38. The minimum atomic E-state index is -0.371. The van der Waals surface area contributed by atoms with Crippen LogP contribution in [0.3, 0.4) is 0 Å². The predicted octanol–water partition coefficient (Wildman–Crippen LogP) is 4.79. The SMILES string of the molecule is COC(=O)c1c(-c2cccs2)csc1NC(=S)NCCc1ccccc1. The molecule has 0 atom stereocenters. The molecule has 0 amide bonds. The Morgan fingerprint density at radius 1 is 1.15 bits per heavy atom. The van der Waals surface area contributed by atoms with Crippen molar-refractivity contribution in [2.24, 2.45) is 0 Å². The average Bonchev–Trinajstić information content (AvgIpc) is 3.31. The monoisotopic (exact) mass is 402 g/mol. The van der Waals surface area contributed by atoms with Crippen molar-refractivity contribution in [2.45, 2.75) is 6.42 Å². The van der Waals surface area contributed by atoms with E-state index in [-0.39, 0.29) is 5.97 Å². The second-order valence-electron chi connectivity index (χ2n) is 5.44. The van der Waals surface area contributed by atoms with Crippen LogP contribution in [0.25, 0.3) is 10.4 Å². The summed E-state index contributed by atoms with van der Waals surface area (Å²) in [5.41, 5.74) is 2.63. The molecule has 0 aliphatic carbocycles. The number of esters is 1. The average molecular weight is 403 g/mol. The van der Waals surface area contributed by atoms with Gasteiger partial charge in [0.05, 0.1) is 7.11 Å². The number of hydrogen-bond donors (Lipinski definition) is 2. The van der Waals surface area contributed by atoms with E-state index in [9.17, 15) is 4.79 Å². The molecule has 0 aliphatic heterocycles. The molecule has 0 bridgehead atoms. The molecule has 0 saturated heterocycles. The number of carbonyl (C=O) groups is 1. The number of carbonyl (C=O) groups excluding carboxylic acids is 1. The lowest BCUT2D eigenvalue weighted by molar-refractivity contribution is 0.0603. The second kappa shape index (κ2) is 8.93. The fourth-order valence-electron chi connectivity index (χ4n) is 2.48. The van der Waals surface area contributed by atoms with E-state index >= 15 is 0 Å². The lowest BCUT2D eigenvalue weighted by atomic mass is 10.1. The van der Waals surface area contributed by atoms with E-state index in [0.717, 1.165) is 16.9 Å². The van der Waals surface area contributed by atoms with Gasteiger partial charge in [0.25, 0.3) is 0 Å². The lowest BCUT2D eigenvalue weighted by Crippen LogP contribution is -2.30. The van der Waals surface area contributed by atoms with E-state index in [1.807, 2.05) is 41.1 Å². The van der Waals surface area contributed by atoms with Gasteiger partial charge in [0.15, 0.2) is 5.11 Å². The fraction of sp³-hybridized carbons (Fsp3) is 0.158. The van der Waals surface area contributed by atoms with Crippen molar-refractivity contribution >= 4 is 51.0 Å². The molecule has 7 heteroatoms. The number of anilines is 1. The topological polar surface area (TPSA) is 50.4 Å². The normalized spacial score (nSPS) is 10.3. The smallest absolute Gasteiger partial charge is 0.341 e. The molecule has 2 N–H and O–H groups in total. The third kappa shape index (κ3) is 4.49. The zero-order valence-electron chi connectivity index (χ0n) is 14.2. The molecule has 1 aromatic carbocycles. The molecule has 2 heterocycles. The molecule has 0 spiro atoms. The van der Waals surface area contributed by atoms with E-state index in [0.29, 0.717) is 22.2 Å². The van der Waals surface area contributed by atoms with E-state index in [1.165, 1.54) is 24.0 Å². The summed E-state index contributed by atoms with van der Waals surface area (Å²) in [5, 5.41) is 11.4. The summed E-state index contributed by atoms with van der Waals surface area (Å²) in [4.78, 5) is 13.3. The van der Waals surface area contributed by atoms with Crippen LogP contribution in [-0.2, 0) is 11.2 Å². The highest BCUT2D eigenvalue weighted by Crippen LogP contribution is 2.38. The van der Waals surface area contributed by atoms with Crippen molar-refractivity contribution in [3.8, 4) is 10.4 Å². The van der Waals surface area contributed by atoms with Gasteiger partial charge in [-0.05, 0) is 35.6 Å². The molecule has 3 aromatic rings. The van der Waals surface area contributed by atoms with Gasteiger partial charge in [-0.25, -0.2) is 4.79 Å². The molecule has 0 fully saturated rings. The number of hydrogen-bond acceptors (Lipinski definition) is 5. The molecular formula is C19H18N2O2S3. The van der Waals surface area contributed by atoms with Crippen LogP contribution in [-0.4, -0.2) is 24.7 Å². The van der Waals surface area contributed by atoms with E-state index < -0.39 is 0 Å². The highest BCUT2D eigenvalue weighted by molar-refractivity contribution is 7.80. The first kappa shape index (κ1) is 18.6. The van der Waals surface area contributed by atoms with Gasteiger partial charge in [0.2, 0.25) is 0 Å². The van der Waals surface area contributed by atoms with Crippen LogP contribution in [0.4, 0.5) is 5.00 Å². The molecule has 0 aliphatic rings. The third-order valence-corrected chi connectivity index (χ3v) is 5.78. The third-order valence-electron chi connectivity index (χ3n) is 3.74. The van der Waals surface area contributed by atoms with Crippen molar-refractivity contribution in [2.75, 3.05) is 19.0 Å². The van der Waals surface area contributed by atoms with Crippen molar-refractivity contribution in [3.63, 3.8) is 0 Å². The van der Waals surface area contributed by atoms with Gasteiger partial charge in [-0.15, -0.1) is 22.7 Å². The van der Waals surface area contributed by atoms with Gasteiger partial charge in [-0.2, -0.15) is 0 Å². The van der Waals surface area contributed by atoms with Gasteiger partial charge >= 0.3 is 5.97 Å². The molecule has 3 rings (SSSR count). The standard InChI is InChI=1S/C19H18N2O2S3/c1-23-18(22)16-14(15-8-5-11-25-15)12-26-17(16)21-19(24)20-10-9-13-6-3-2-4-7-13/h2-8,11-12H,9-10H2,1H3,(H2,20,21,24). The first-order valence-electron chi connectivity index (χ1n) is 8.01. The second-order valence-corrected chi connectivity index (χ2v) is 7.67. The summed E-state index contributed by atoms with van der Waals surface area (Å²) in [6.07, 6.45) is 0.872. The maximum atomic E-state index is 12.3. The van der Waals surface area contributed by atoms with E-state index in [1.54, 1.807) is 11.3 Å². The predicted molar refractivity (Wildman–Crippen MR) is 113 cm³/mol. The Labute approximate surface area is 165 Å². The first-order valence-corrected chi connectivity index (χ1v) is 10.2. The largest absolute Gasteiger partial charge is 0.465 e. The van der Waals surface area contributed by atoms with Crippen LogP contribution in [0.2, 0.25) is 0 Å². The molecular weight excluding hydrogens is 384 g/mol. The van der Waals surface area contributed by atoms with Gasteiger partial charge in [0.1, 0.15) is 10.6 Å². The van der Waals surface area contributed by atoms with Crippen molar-refractivity contribution in [1.29, 1.82) is 0 Å². The first-order chi connectivity index (χ1) is 12.7. The van der Waals surface area contributed by atoms with E-state index in [4.69, 9.17) is 17.0 Å². The number of thiophene rings is 2. The summed E-state index contributed by atoms with van der Waals surface area (Å²) in [6.45, 7) is 0.715. The number of thiocarbonyl (C=S) groups is 1. The van der Waals surface area contributed by atoms with Crippen LogP contribution in [0, 0.1) is 0 Å². The van der Waals surface area contributed by atoms with Crippen LogP contribution < -0.4 is 10.6 Å². The minimum Gasteiger partial charge on any atom is -0.465 e. The van der Waals surface area contributed by atoms with Gasteiger partial charge in [0, 0.05) is 22.4 Å². The Balaban J connectivity index is 1.67. The zero-order chi connectivity index (χ0) is 18.4. The Hall–Kier alpha value is -2.22. The van der Waals surface area contributed by atoms with Crippen molar-refractivity contribution < 1.29 is 9.53 Å². The molecule has 26 heavy (non-hydrogen) atoms. The van der Waals surface area contributed by atoms with Crippen LogP contribution in [0.5, 0.6) is 0 Å². The maximum absolute atomic E-state index is 12.3. The van der Waals surface area contributed by atoms with Crippen molar-refractivity contribution in [3.05, 3.63) is 64.4 Å². The maximum Gasteiger partial charge on any atom is 0.341 e. The van der Waals surface area contributed by atoms with Crippen LogP contribution in [0.1, 0.15) is 15.9 Å². The molecule has 134 valence electrons. The van der Waals surface area contributed by atoms with Crippen LogP contribution in [0.15, 0.2) is 53.2 Å². The number of rotatable bonds is 6. The highest BCUT2D eigenvalue weighted by Gasteiger charge is 2.22. The molecule has 2 aromatic heterocycles. The molecule has 4 nitrogen and oxygen atoms in total. The highest BCUT2D eigenvalue weighted by atomic mass is 32.1. The summed E-state index contributed by atoms with van der Waals surface area (Å²) in [7, 11) is 1.39. The number of benzene rings is 1. The lowest BCUT2D eigenvalue weighted by Gasteiger charge is -2.11. The molecule has 0 saturated carbocycles. The quantitative estimate of drug-likeness (QED) is 0.458. The van der Waals surface area contributed by atoms with Crippen molar-refractivity contribution in [1.82, 2.24) is 5.32 Å². The van der Waals surface area contributed by atoms with Gasteiger partial charge in [-0.3, -0.25) is 0 Å². The number of methoxy groups -OCH3 is 1. The fourth-order valence-corrected chi connectivity index (χ4v) is 4.52. The molecule has 0 unspecified atom stereocenters.